The van der Waals surface area contributed by atoms with Gasteiger partial charge in [-0.25, -0.2) is 9.78 Å². The lowest BCUT2D eigenvalue weighted by atomic mass is 10.3. The number of hydrogen-bond acceptors (Lipinski definition) is 3. The first-order chi connectivity index (χ1) is 7.79. The van der Waals surface area contributed by atoms with Crippen molar-refractivity contribution in [2.24, 2.45) is 0 Å². The van der Waals surface area contributed by atoms with Crippen LogP contribution in [0.3, 0.4) is 0 Å². The van der Waals surface area contributed by atoms with Gasteiger partial charge in [-0.1, -0.05) is 12.1 Å². The monoisotopic (exact) mass is 219 g/mol. The van der Waals surface area contributed by atoms with Crippen LogP contribution in [0.2, 0.25) is 0 Å². The molecule has 0 bridgehead atoms. The largest absolute Gasteiger partial charge is 0.450 e. The first kappa shape index (κ1) is 10.5. The second-order valence-corrected chi connectivity index (χ2v) is 3.27. The minimum absolute atomic E-state index is 0.341. The van der Waals surface area contributed by atoms with Crippen molar-refractivity contribution in [3.05, 3.63) is 30.1 Å². The number of H-pyrrole nitrogens is 1. The Morgan fingerprint density at radius 2 is 2.31 bits per heavy atom. The predicted molar refractivity (Wildman–Crippen MR) is 60.0 cm³/mol. The van der Waals surface area contributed by atoms with Crippen molar-refractivity contribution in [1.29, 1.82) is 0 Å². The Bertz CT molecular complexity index is 460. The van der Waals surface area contributed by atoms with E-state index in [9.17, 15) is 4.79 Å². The summed E-state index contributed by atoms with van der Waals surface area (Å²) in [5.41, 5.74) is 1.85. The third kappa shape index (κ3) is 2.31. The van der Waals surface area contributed by atoms with Crippen molar-refractivity contribution in [1.82, 2.24) is 15.3 Å². The SMILES string of the molecule is CCOC(=O)NCc1nc2ccccc2[nH]1. The zero-order valence-corrected chi connectivity index (χ0v) is 8.99. The molecule has 0 aliphatic carbocycles. The van der Waals surface area contributed by atoms with E-state index in [1.807, 2.05) is 24.3 Å². The second kappa shape index (κ2) is 4.65. The summed E-state index contributed by atoms with van der Waals surface area (Å²) in [4.78, 5) is 18.5. The molecule has 0 aliphatic heterocycles. The number of rotatable bonds is 3. The summed E-state index contributed by atoms with van der Waals surface area (Å²) in [6.07, 6.45) is -0.428. The molecule has 5 heteroatoms. The molecule has 5 nitrogen and oxygen atoms in total. The third-order valence-electron chi connectivity index (χ3n) is 2.11. The van der Waals surface area contributed by atoms with Crippen LogP contribution >= 0.6 is 0 Å². The third-order valence-corrected chi connectivity index (χ3v) is 2.11. The van der Waals surface area contributed by atoms with Crippen LogP contribution in [0, 0.1) is 0 Å². The van der Waals surface area contributed by atoms with Gasteiger partial charge in [0.15, 0.2) is 0 Å². The zero-order valence-electron chi connectivity index (χ0n) is 8.99. The van der Waals surface area contributed by atoms with Gasteiger partial charge >= 0.3 is 6.09 Å². The summed E-state index contributed by atoms with van der Waals surface area (Å²) in [6.45, 7) is 2.47. The van der Waals surface area contributed by atoms with Gasteiger partial charge < -0.3 is 15.0 Å². The van der Waals surface area contributed by atoms with Gasteiger partial charge in [0.05, 0.1) is 24.2 Å². The summed E-state index contributed by atoms with van der Waals surface area (Å²) in [5, 5.41) is 2.61. The lowest BCUT2D eigenvalue weighted by Gasteiger charge is -2.02. The lowest BCUT2D eigenvalue weighted by molar-refractivity contribution is 0.151. The molecule has 1 aromatic heterocycles. The van der Waals surface area contributed by atoms with Gasteiger partial charge in [0.1, 0.15) is 5.82 Å². The van der Waals surface area contributed by atoms with E-state index in [-0.39, 0.29) is 0 Å². The highest BCUT2D eigenvalue weighted by molar-refractivity contribution is 5.74. The molecule has 0 atom stereocenters. The molecule has 1 aromatic carbocycles. The van der Waals surface area contributed by atoms with Crippen molar-refractivity contribution in [2.75, 3.05) is 6.61 Å². The number of imidazole rings is 1. The van der Waals surface area contributed by atoms with Gasteiger partial charge in [0.2, 0.25) is 0 Å². The summed E-state index contributed by atoms with van der Waals surface area (Å²) in [5.74, 6) is 0.717. The Morgan fingerprint density at radius 1 is 1.50 bits per heavy atom. The van der Waals surface area contributed by atoms with E-state index in [1.165, 1.54) is 0 Å². The quantitative estimate of drug-likeness (QED) is 0.827. The molecular weight excluding hydrogens is 206 g/mol. The Morgan fingerprint density at radius 3 is 3.06 bits per heavy atom. The fraction of sp³-hybridized carbons (Fsp3) is 0.273. The van der Waals surface area contributed by atoms with E-state index in [2.05, 4.69) is 15.3 Å². The number of amides is 1. The molecule has 1 amide bonds. The smallest absolute Gasteiger partial charge is 0.407 e. The van der Waals surface area contributed by atoms with E-state index in [0.29, 0.717) is 19.0 Å². The van der Waals surface area contributed by atoms with Gasteiger partial charge in [-0.2, -0.15) is 0 Å². The van der Waals surface area contributed by atoms with E-state index in [4.69, 9.17) is 4.74 Å². The van der Waals surface area contributed by atoms with Gasteiger partial charge in [-0.3, -0.25) is 0 Å². The molecule has 84 valence electrons. The van der Waals surface area contributed by atoms with Gasteiger partial charge in [-0.05, 0) is 19.1 Å². The number of alkyl carbamates (subject to hydrolysis) is 1. The van der Waals surface area contributed by atoms with Gasteiger partial charge in [0.25, 0.3) is 0 Å². The number of nitrogens with one attached hydrogen (secondary N) is 2. The Kier molecular flexibility index (Phi) is 3.05. The fourth-order valence-electron chi connectivity index (χ4n) is 1.43. The Balaban J connectivity index is 2.02. The van der Waals surface area contributed by atoms with Crippen LogP contribution in [-0.2, 0) is 11.3 Å². The van der Waals surface area contributed by atoms with Crippen LogP contribution in [0.25, 0.3) is 11.0 Å². The van der Waals surface area contributed by atoms with Crippen LogP contribution < -0.4 is 5.32 Å². The number of para-hydroxylation sites is 2. The maximum absolute atomic E-state index is 11.1. The Hall–Kier alpha value is -2.04. The predicted octanol–water partition coefficient (Wildman–Crippen LogP) is 1.81. The molecule has 0 saturated carbocycles. The molecule has 0 radical (unpaired) electrons. The first-order valence-electron chi connectivity index (χ1n) is 5.14. The Labute approximate surface area is 92.8 Å². The van der Waals surface area contributed by atoms with Crippen molar-refractivity contribution >= 4 is 17.1 Å². The van der Waals surface area contributed by atoms with Crippen molar-refractivity contribution in [3.8, 4) is 0 Å². The topological polar surface area (TPSA) is 67.0 Å². The molecule has 2 aromatic rings. The molecule has 0 aliphatic rings. The fourth-order valence-corrected chi connectivity index (χ4v) is 1.43. The second-order valence-electron chi connectivity index (χ2n) is 3.27. The van der Waals surface area contributed by atoms with Crippen LogP contribution in [0.4, 0.5) is 4.79 Å². The molecule has 16 heavy (non-hydrogen) atoms. The van der Waals surface area contributed by atoms with Crippen LogP contribution in [0.5, 0.6) is 0 Å². The minimum atomic E-state index is -0.428. The lowest BCUT2D eigenvalue weighted by Crippen LogP contribution is -2.24. The zero-order chi connectivity index (χ0) is 11.4. The molecule has 1 heterocycles. The van der Waals surface area contributed by atoms with Crippen LogP contribution in [0.1, 0.15) is 12.7 Å². The number of ether oxygens (including phenoxy) is 1. The van der Waals surface area contributed by atoms with E-state index < -0.39 is 6.09 Å². The highest BCUT2D eigenvalue weighted by Gasteiger charge is 2.04. The standard InChI is InChI=1S/C11H13N3O2/c1-2-16-11(15)12-7-10-13-8-5-3-4-6-9(8)14-10/h3-6H,2,7H2,1H3,(H,12,15)(H,13,14). The average Bonchev–Trinajstić information content (AvgIpc) is 2.69. The van der Waals surface area contributed by atoms with Gasteiger partial charge in [-0.15, -0.1) is 0 Å². The number of aromatic amines is 1. The van der Waals surface area contributed by atoms with Crippen LogP contribution in [-0.4, -0.2) is 22.7 Å². The summed E-state index contributed by atoms with van der Waals surface area (Å²) >= 11 is 0. The van der Waals surface area contributed by atoms with Crippen LogP contribution in [0.15, 0.2) is 24.3 Å². The summed E-state index contributed by atoms with van der Waals surface area (Å²) in [6, 6.07) is 7.71. The van der Waals surface area contributed by atoms with E-state index in [1.54, 1.807) is 6.92 Å². The maximum atomic E-state index is 11.1. The van der Waals surface area contributed by atoms with Gasteiger partial charge in [0, 0.05) is 0 Å². The number of fused-ring (bicyclic) bond motifs is 1. The average molecular weight is 219 g/mol. The molecule has 0 unspecified atom stereocenters. The highest BCUT2D eigenvalue weighted by Crippen LogP contribution is 2.09. The number of carbonyl (C=O) groups excluding carboxylic acids is 1. The molecular formula is C11H13N3O2. The number of nitrogens with zero attached hydrogens (tertiary/aromatic N) is 1. The van der Waals surface area contributed by atoms with E-state index in [0.717, 1.165) is 11.0 Å². The summed E-state index contributed by atoms with van der Waals surface area (Å²) in [7, 11) is 0. The van der Waals surface area contributed by atoms with Crippen molar-refractivity contribution < 1.29 is 9.53 Å². The molecule has 0 saturated heterocycles. The van der Waals surface area contributed by atoms with Crippen molar-refractivity contribution in [2.45, 2.75) is 13.5 Å². The minimum Gasteiger partial charge on any atom is -0.450 e. The number of aromatic nitrogens is 2. The van der Waals surface area contributed by atoms with Crippen molar-refractivity contribution in [3.63, 3.8) is 0 Å². The number of carbonyl (C=O) groups is 1. The number of benzene rings is 1. The first-order valence-corrected chi connectivity index (χ1v) is 5.14. The molecule has 0 fully saturated rings. The van der Waals surface area contributed by atoms with E-state index >= 15 is 0 Å². The molecule has 2 rings (SSSR count). The normalized spacial score (nSPS) is 10.3. The number of hydrogen-bond donors (Lipinski definition) is 2. The highest BCUT2D eigenvalue weighted by atomic mass is 16.5. The summed E-state index contributed by atoms with van der Waals surface area (Å²) < 4.78 is 4.75. The molecule has 2 N–H and O–H groups in total. The molecule has 0 spiro atoms. The maximum Gasteiger partial charge on any atom is 0.407 e.